The zero-order chi connectivity index (χ0) is 17.2. The van der Waals surface area contributed by atoms with Crippen molar-refractivity contribution in [1.82, 2.24) is 10.2 Å². The predicted octanol–water partition coefficient (Wildman–Crippen LogP) is 0.724. The minimum atomic E-state index is -3.45. The Kier molecular flexibility index (Phi) is 4.96. The molecular formula is C15H21N3O4S. The van der Waals surface area contributed by atoms with E-state index in [0.29, 0.717) is 17.0 Å². The lowest BCUT2D eigenvalue weighted by molar-refractivity contribution is -0.124. The molecule has 0 radical (unpaired) electrons. The molecule has 1 heterocycles. The molecule has 0 saturated heterocycles. The molecule has 0 aliphatic carbocycles. The van der Waals surface area contributed by atoms with E-state index in [-0.39, 0.29) is 5.78 Å². The largest absolute Gasteiger partial charge is 0.494 e. The molecule has 23 heavy (non-hydrogen) atoms. The Labute approximate surface area is 136 Å². The van der Waals surface area contributed by atoms with Gasteiger partial charge in [0.05, 0.1) is 25.1 Å². The first-order valence-electron chi connectivity index (χ1n) is 7.04. The minimum Gasteiger partial charge on any atom is -0.494 e. The van der Waals surface area contributed by atoms with Crippen molar-refractivity contribution in [3.63, 3.8) is 0 Å². The van der Waals surface area contributed by atoms with Crippen LogP contribution in [0.3, 0.4) is 0 Å². The third-order valence-electron chi connectivity index (χ3n) is 3.65. The number of hydrogen-bond acceptors (Lipinski definition) is 6. The molecule has 0 fully saturated rings. The van der Waals surface area contributed by atoms with Crippen molar-refractivity contribution in [3.8, 4) is 5.75 Å². The van der Waals surface area contributed by atoms with E-state index >= 15 is 0 Å². The van der Waals surface area contributed by atoms with Gasteiger partial charge in [0.2, 0.25) is 10.0 Å². The summed E-state index contributed by atoms with van der Waals surface area (Å²) < 4.78 is 30.8. The number of carbonyl (C=O) groups excluding carboxylic acids is 1. The van der Waals surface area contributed by atoms with Crippen LogP contribution in [0.1, 0.15) is 11.6 Å². The highest BCUT2D eigenvalue weighted by molar-refractivity contribution is 7.92. The summed E-state index contributed by atoms with van der Waals surface area (Å²) in [5.74, 6) is 0.306. The van der Waals surface area contributed by atoms with Crippen molar-refractivity contribution >= 4 is 21.5 Å². The van der Waals surface area contributed by atoms with Crippen LogP contribution in [0.15, 0.2) is 30.5 Å². The first-order valence-corrected chi connectivity index (χ1v) is 8.93. The normalized spacial score (nSPS) is 21.4. The number of likely N-dealkylation sites (N-methyl/N-ethyl adjacent to an activating group) is 2. The fraction of sp³-hybridized carbons (Fsp3) is 0.400. The van der Waals surface area contributed by atoms with Gasteiger partial charge in [-0.25, -0.2) is 8.42 Å². The number of sulfonamides is 1. The average molecular weight is 339 g/mol. The van der Waals surface area contributed by atoms with Gasteiger partial charge in [-0.3, -0.25) is 9.52 Å². The van der Waals surface area contributed by atoms with Gasteiger partial charge in [0.25, 0.3) is 0 Å². The van der Waals surface area contributed by atoms with Crippen LogP contribution in [0.5, 0.6) is 5.75 Å². The number of rotatable bonds is 5. The Morgan fingerprint density at radius 2 is 2.00 bits per heavy atom. The summed E-state index contributed by atoms with van der Waals surface area (Å²) in [6.45, 7) is 0. The summed E-state index contributed by atoms with van der Waals surface area (Å²) in [5.41, 5.74) is 0.919. The van der Waals surface area contributed by atoms with Crippen molar-refractivity contribution < 1.29 is 17.9 Å². The predicted molar refractivity (Wildman–Crippen MR) is 89.0 cm³/mol. The van der Waals surface area contributed by atoms with Gasteiger partial charge >= 0.3 is 0 Å². The fourth-order valence-corrected chi connectivity index (χ4v) is 3.22. The van der Waals surface area contributed by atoms with E-state index in [1.54, 1.807) is 43.3 Å². The quantitative estimate of drug-likeness (QED) is 0.822. The summed E-state index contributed by atoms with van der Waals surface area (Å²) in [7, 11) is 1.50. The number of benzene rings is 1. The Bertz CT molecular complexity index is 730. The van der Waals surface area contributed by atoms with Gasteiger partial charge in [-0.15, -0.1) is 0 Å². The lowest BCUT2D eigenvalue weighted by atomic mass is 9.93. The second kappa shape index (κ2) is 6.59. The maximum atomic E-state index is 12.7. The molecular weight excluding hydrogens is 318 g/mol. The van der Waals surface area contributed by atoms with E-state index in [1.165, 1.54) is 7.11 Å². The lowest BCUT2D eigenvalue weighted by Crippen LogP contribution is -2.44. The lowest BCUT2D eigenvalue weighted by Gasteiger charge is -2.33. The van der Waals surface area contributed by atoms with Crippen LogP contribution in [0.4, 0.5) is 5.69 Å². The highest BCUT2D eigenvalue weighted by Gasteiger charge is 2.34. The molecule has 8 heteroatoms. The molecule has 7 nitrogen and oxygen atoms in total. The minimum absolute atomic E-state index is 0.0349. The number of nitrogens with zero attached hydrogens (tertiary/aromatic N) is 1. The van der Waals surface area contributed by atoms with Crippen molar-refractivity contribution in [2.45, 2.75) is 12.1 Å². The van der Waals surface area contributed by atoms with E-state index in [0.717, 1.165) is 6.26 Å². The molecule has 2 N–H and O–H groups in total. The highest BCUT2D eigenvalue weighted by atomic mass is 32.2. The first kappa shape index (κ1) is 17.3. The molecule has 0 saturated carbocycles. The van der Waals surface area contributed by atoms with Crippen molar-refractivity contribution in [2.75, 3.05) is 32.2 Å². The number of hydrogen-bond donors (Lipinski definition) is 2. The average Bonchev–Trinajstić information content (AvgIpc) is 2.46. The fourth-order valence-electron chi connectivity index (χ4n) is 2.66. The molecule has 2 unspecified atom stereocenters. The highest BCUT2D eigenvalue weighted by Crippen LogP contribution is 2.37. The monoisotopic (exact) mass is 339 g/mol. The van der Waals surface area contributed by atoms with E-state index in [9.17, 15) is 13.2 Å². The van der Waals surface area contributed by atoms with Gasteiger partial charge in [-0.05, 0) is 25.4 Å². The van der Waals surface area contributed by atoms with Crippen LogP contribution >= 0.6 is 0 Å². The second-order valence-electron chi connectivity index (χ2n) is 5.38. The Morgan fingerprint density at radius 1 is 1.30 bits per heavy atom. The smallest absolute Gasteiger partial charge is 0.229 e. The zero-order valence-corrected chi connectivity index (χ0v) is 14.3. The molecule has 0 amide bonds. The molecule has 1 aliphatic heterocycles. The molecule has 1 aromatic rings. The Morgan fingerprint density at radius 3 is 2.57 bits per heavy atom. The van der Waals surface area contributed by atoms with Gasteiger partial charge in [-0.2, -0.15) is 0 Å². The molecule has 1 aromatic carbocycles. The number of methoxy groups -OCH3 is 1. The summed E-state index contributed by atoms with van der Waals surface area (Å²) in [6.07, 6.45) is 4.67. The van der Waals surface area contributed by atoms with Crippen molar-refractivity contribution in [3.05, 3.63) is 36.0 Å². The molecule has 2 rings (SSSR count). The number of ether oxygens (including phenoxy) is 1. The summed E-state index contributed by atoms with van der Waals surface area (Å²) in [5, 5.41) is 2.95. The van der Waals surface area contributed by atoms with Crippen molar-refractivity contribution in [1.29, 1.82) is 0 Å². The van der Waals surface area contributed by atoms with Crippen molar-refractivity contribution in [2.24, 2.45) is 0 Å². The summed E-state index contributed by atoms with van der Waals surface area (Å²) >= 11 is 0. The van der Waals surface area contributed by atoms with Crippen LogP contribution in [-0.2, 0) is 14.8 Å². The van der Waals surface area contributed by atoms with Gasteiger partial charge in [0.15, 0.2) is 5.78 Å². The molecule has 1 aliphatic rings. The Hall–Kier alpha value is -2.06. The number of para-hydroxylation sites is 1. The molecule has 2 atom stereocenters. The molecule has 0 aromatic heterocycles. The first-order chi connectivity index (χ1) is 10.8. The zero-order valence-electron chi connectivity index (χ0n) is 13.5. The van der Waals surface area contributed by atoms with Crippen LogP contribution in [-0.4, -0.2) is 52.6 Å². The molecule has 0 bridgehead atoms. The van der Waals surface area contributed by atoms with E-state index in [4.69, 9.17) is 4.74 Å². The van der Waals surface area contributed by atoms with Crippen LogP contribution in [0, 0.1) is 0 Å². The van der Waals surface area contributed by atoms with Crippen LogP contribution in [0.2, 0.25) is 0 Å². The molecule has 126 valence electrons. The number of nitrogens with one attached hydrogen (secondary N) is 2. The summed E-state index contributed by atoms with van der Waals surface area (Å²) in [4.78, 5) is 14.5. The number of anilines is 1. The van der Waals surface area contributed by atoms with Gasteiger partial charge in [0.1, 0.15) is 11.8 Å². The van der Waals surface area contributed by atoms with E-state index in [2.05, 4.69) is 10.0 Å². The number of carbonyl (C=O) groups is 1. The third kappa shape index (κ3) is 3.65. The maximum absolute atomic E-state index is 12.7. The number of ketones is 1. The Balaban J connectivity index is 2.52. The van der Waals surface area contributed by atoms with Gasteiger partial charge in [0, 0.05) is 12.6 Å². The van der Waals surface area contributed by atoms with E-state index in [1.807, 2.05) is 6.20 Å². The third-order valence-corrected chi connectivity index (χ3v) is 4.24. The van der Waals surface area contributed by atoms with Gasteiger partial charge < -0.3 is 15.0 Å². The topological polar surface area (TPSA) is 87.7 Å². The molecule has 0 spiro atoms. The SMILES string of the molecule is CNC1C=CN(C)C(c2cccc(NS(C)(=O)=O)c2OC)C1=O. The van der Waals surface area contributed by atoms with E-state index < -0.39 is 22.1 Å². The standard InChI is InChI=1S/C15H21N3O4S/c1-16-11-8-9-18(2)13(14(11)19)10-6-5-7-12(15(10)22-3)17-23(4,20)21/h5-9,11,13,16-17H,1-4H3. The number of Topliss-reactive ketones (excluding diaryl/α,β-unsaturated/α-hetero) is 1. The summed E-state index contributed by atoms with van der Waals surface area (Å²) in [6, 6.07) is 4.10. The second-order valence-corrected chi connectivity index (χ2v) is 7.13. The van der Waals surface area contributed by atoms with Gasteiger partial charge in [-0.1, -0.05) is 12.1 Å². The van der Waals surface area contributed by atoms with Crippen LogP contribution in [0.25, 0.3) is 0 Å². The maximum Gasteiger partial charge on any atom is 0.229 e. The van der Waals surface area contributed by atoms with Crippen LogP contribution < -0.4 is 14.8 Å².